The molecule has 1 heterocycles. The summed E-state index contributed by atoms with van der Waals surface area (Å²) in [6, 6.07) is 8.99. The van der Waals surface area contributed by atoms with Crippen LogP contribution in [-0.2, 0) is 11.2 Å². The van der Waals surface area contributed by atoms with Crippen LogP contribution in [0.4, 0.5) is 0 Å². The quantitative estimate of drug-likeness (QED) is 0.813. The van der Waals surface area contributed by atoms with Gasteiger partial charge in [0.1, 0.15) is 5.41 Å². The molecule has 3 nitrogen and oxygen atoms in total. The van der Waals surface area contributed by atoms with Gasteiger partial charge in [0.25, 0.3) is 0 Å². The molecule has 0 bridgehead atoms. The molecular weight excluding hydrogens is 236 g/mol. The van der Waals surface area contributed by atoms with Crippen molar-refractivity contribution in [3.05, 3.63) is 34.9 Å². The van der Waals surface area contributed by atoms with Crippen molar-refractivity contribution in [3.8, 4) is 6.07 Å². The first-order valence-corrected chi connectivity index (χ1v) is 6.78. The van der Waals surface area contributed by atoms with E-state index in [2.05, 4.69) is 50.1 Å². The molecule has 1 aromatic rings. The maximum atomic E-state index is 9.19. The van der Waals surface area contributed by atoms with E-state index in [0.717, 1.165) is 19.5 Å². The summed E-state index contributed by atoms with van der Waals surface area (Å²) in [4.78, 5) is 2.24. The smallest absolute Gasteiger partial charge is 0.116 e. The van der Waals surface area contributed by atoms with Crippen LogP contribution in [0.5, 0.6) is 0 Å². The molecule has 0 aromatic heterocycles. The van der Waals surface area contributed by atoms with Crippen molar-refractivity contribution in [1.29, 1.82) is 5.26 Å². The van der Waals surface area contributed by atoms with Crippen molar-refractivity contribution in [3.63, 3.8) is 0 Å². The van der Waals surface area contributed by atoms with Crippen molar-refractivity contribution < 1.29 is 4.74 Å². The molecule has 0 aliphatic carbocycles. The molecule has 2 rings (SSSR count). The third-order valence-corrected chi connectivity index (χ3v) is 3.83. The van der Waals surface area contributed by atoms with Gasteiger partial charge in [0, 0.05) is 13.1 Å². The molecule has 0 spiro atoms. The van der Waals surface area contributed by atoms with Crippen LogP contribution in [0.25, 0.3) is 0 Å². The molecule has 1 saturated heterocycles. The van der Waals surface area contributed by atoms with Gasteiger partial charge >= 0.3 is 0 Å². The summed E-state index contributed by atoms with van der Waals surface area (Å²) in [6.07, 6.45) is 1.03. The van der Waals surface area contributed by atoms with Gasteiger partial charge < -0.3 is 9.64 Å². The number of aryl methyl sites for hydroxylation is 2. The molecule has 1 aliphatic heterocycles. The third kappa shape index (κ3) is 3.34. The molecule has 0 saturated carbocycles. The Bertz CT molecular complexity index is 486. The monoisotopic (exact) mass is 258 g/mol. The van der Waals surface area contributed by atoms with Gasteiger partial charge in [-0.05, 0) is 38.4 Å². The van der Waals surface area contributed by atoms with Gasteiger partial charge in [-0.1, -0.05) is 23.8 Å². The Hall–Kier alpha value is -1.37. The van der Waals surface area contributed by atoms with E-state index in [0.29, 0.717) is 13.2 Å². The van der Waals surface area contributed by atoms with E-state index in [-0.39, 0.29) is 5.41 Å². The van der Waals surface area contributed by atoms with Gasteiger partial charge in [-0.25, -0.2) is 0 Å². The summed E-state index contributed by atoms with van der Waals surface area (Å²) in [5, 5.41) is 9.19. The number of hydrogen-bond acceptors (Lipinski definition) is 3. The summed E-state index contributed by atoms with van der Waals surface area (Å²) in [5.41, 5.74) is 3.80. The lowest BCUT2D eigenvalue weighted by molar-refractivity contribution is -0.0886. The highest BCUT2D eigenvalue weighted by Gasteiger charge is 2.39. The third-order valence-electron chi connectivity index (χ3n) is 3.83. The van der Waals surface area contributed by atoms with Crippen LogP contribution < -0.4 is 0 Å². The van der Waals surface area contributed by atoms with Crippen LogP contribution >= 0.6 is 0 Å². The SMILES string of the molecule is Cc1ccc(C)c(CCN(C)CC2(C#N)COC2)c1. The van der Waals surface area contributed by atoms with E-state index < -0.39 is 0 Å². The molecule has 0 N–H and O–H groups in total. The molecule has 1 aliphatic rings. The number of likely N-dealkylation sites (N-methyl/N-ethyl adjacent to an activating group) is 1. The number of nitrogens with zero attached hydrogens (tertiary/aromatic N) is 2. The molecule has 3 heteroatoms. The minimum absolute atomic E-state index is 0.267. The van der Waals surface area contributed by atoms with Crippen molar-refractivity contribution in [2.45, 2.75) is 20.3 Å². The molecule has 0 atom stereocenters. The second-order valence-corrected chi connectivity index (χ2v) is 5.80. The number of benzene rings is 1. The van der Waals surface area contributed by atoms with Gasteiger partial charge in [0.2, 0.25) is 0 Å². The molecule has 1 fully saturated rings. The highest BCUT2D eigenvalue weighted by Crippen LogP contribution is 2.27. The van der Waals surface area contributed by atoms with Crippen LogP contribution in [0.2, 0.25) is 0 Å². The molecule has 0 unspecified atom stereocenters. The molecule has 0 radical (unpaired) electrons. The summed E-state index contributed by atoms with van der Waals surface area (Å²) in [7, 11) is 2.09. The van der Waals surface area contributed by atoms with Crippen LogP contribution in [0.15, 0.2) is 18.2 Å². The number of hydrogen-bond donors (Lipinski definition) is 0. The normalized spacial score (nSPS) is 17.0. The van der Waals surface area contributed by atoms with E-state index in [4.69, 9.17) is 4.74 Å². The first kappa shape index (κ1) is 14.0. The lowest BCUT2D eigenvalue weighted by Gasteiger charge is -2.38. The Balaban J connectivity index is 1.88. The van der Waals surface area contributed by atoms with Crippen LogP contribution in [0.1, 0.15) is 16.7 Å². The van der Waals surface area contributed by atoms with Crippen molar-refractivity contribution >= 4 is 0 Å². The second-order valence-electron chi connectivity index (χ2n) is 5.80. The van der Waals surface area contributed by atoms with Crippen LogP contribution in [0.3, 0.4) is 0 Å². The van der Waals surface area contributed by atoms with E-state index in [1.54, 1.807) is 0 Å². The fourth-order valence-corrected chi connectivity index (χ4v) is 2.52. The summed E-state index contributed by atoms with van der Waals surface area (Å²) in [6.45, 7) is 7.23. The zero-order valence-corrected chi connectivity index (χ0v) is 12.1. The highest BCUT2D eigenvalue weighted by atomic mass is 16.5. The predicted octanol–water partition coefficient (Wildman–Crippen LogP) is 2.32. The van der Waals surface area contributed by atoms with E-state index in [1.807, 2.05) is 0 Å². The predicted molar refractivity (Wildman–Crippen MR) is 76.0 cm³/mol. The first-order chi connectivity index (χ1) is 9.04. The molecule has 1 aromatic carbocycles. The van der Waals surface area contributed by atoms with Crippen LogP contribution in [0, 0.1) is 30.6 Å². The molecule has 102 valence electrons. The van der Waals surface area contributed by atoms with E-state index >= 15 is 0 Å². The van der Waals surface area contributed by atoms with Gasteiger partial charge in [0.05, 0.1) is 19.3 Å². The Kier molecular flexibility index (Phi) is 4.24. The van der Waals surface area contributed by atoms with Crippen molar-refractivity contribution in [1.82, 2.24) is 4.90 Å². The minimum Gasteiger partial charge on any atom is -0.378 e. The fraction of sp³-hybridized carbons (Fsp3) is 0.562. The Labute approximate surface area is 115 Å². The summed E-state index contributed by atoms with van der Waals surface area (Å²) < 4.78 is 5.18. The molecule has 19 heavy (non-hydrogen) atoms. The number of nitriles is 1. The highest BCUT2D eigenvalue weighted by molar-refractivity contribution is 5.30. The topological polar surface area (TPSA) is 36.3 Å². The van der Waals surface area contributed by atoms with E-state index in [1.165, 1.54) is 16.7 Å². The maximum absolute atomic E-state index is 9.19. The van der Waals surface area contributed by atoms with Gasteiger partial charge in [-0.3, -0.25) is 0 Å². The second kappa shape index (κ2) is 5.73. The van der Waals surface area contributed by atoms with Gasteiger partial charge in [0.15, 0.2) is 0 Å². The maximum Gasteiger partial charge on any atom is 0.116 e. The van der Waals surface area contributed by atoms with Gasteiger partial charge in [-0.2, -0.15) is 5.26 Å². The first-order valence-electron chi connectivity index (χ1n) is 6.78. The lowest BCUT2D eigenvalue weighted by Crippen LogP contribution is -2.49. The van der Waals surface area contributed by atoms with E-state index in [9.17, 15) is 5.26 Å². The standard InChI is InChI=1S/C16H22N2O/c1-13-4-5-14(2)15(8-13)6-7-18(3)10-16(9-17)11-19-12-16/h4-5,8H,6-7,10-12H2,1-3H3. The lowest BCUT2D eigenvalue weighted by atomic mass is 9.87. The number of rotatable bonds is 5. The zero-order valence-electron chi connectivity index (χ0n) is 12.1. The van der Waals surface area contributed by atoms with Gasteiger partial charge in [-0.15, -0.1) is 0 Å². The minimum atomic E-state index is -0.267. The van der Waals surface area contributed by atoms with Crippen molar-refractivity contribution in [2.75, 3.05) is 33.4 Å². The Morgan fingerprint density at radius 2 is 2.11 bits per heavy atom. The molecular formula is C16H22N2O. The van der Waals surface area contributed by atoms with Crippen LogP contribution in [-0.4, -0.2) is 38.3 Å². The zero-order chi connectivity index (χ0) is 13.9. The fourth-order valence-electron chi connectivity index (χ4n) is 2.52. The average molecular weight is 258 g/mol. The largest absolute Gasteiger partial charge is 0.378 e. The Morgan fingerprint density at radius 3 is 2.68 bits per heavy atom. The Morgan fingerprint density at radius 1 is 1.37 bits per heavy atom. The van der Waals surface area contributed by atoms with Crippen molar-refractivity contribution in [2.24, 2.45) is 5.41 Å². The average Bonchev–Trinajstić information content (AvgIpc) is 2.35. The summed E-state index contributed by atoms with van der Waals surface area (Å²) in [5.74, 6) is 0. The summed E-state index contributed by atoms with van der Waals surface area (Å²) >= 11 is 0. The number of ether oxygens (including phenoxy) is 1. The molecule has 0 amide bonds.